The molecule has 2 aliphatic heterocycles. The van der Waals surface area contributed by atoms with Crippen molar-refractivity contribution in [3.05, 3.63) is 62.4 Å². The number of aryl methyl sites for hydroxylation is 1. The van der Waals surface area contributed by atoms with Gasteiger partial charge in [-0.2, -0.15) is 4.31 Å². The number of nitrogens with one attached hydrogen (secondary N) is 2. The molecule has 178 valence electrons. The first-order valence-corrected chi connectivity index (χ1v) is 12.6. The first kappa shape index (κ1) is 23.4. The number of sulfonamides is 1. The smallest absolute Gasteiger partial charge is 0.325 e. The van der Waals surface area contributed by atoms with Crippen molar-refractivity contribution in [3.8, 4) is 0 Å². The van der Waals surface area contributed by atoms with E-state index in [1.807, 2.05) is 28.1 Å². The molecule has 1 amide bonds. The standard InChI is InChI=1S/C22H29N5O5S/c1-16-19(20(28)24-22(30)23-16)33(31,32)27-9-5-8-18(15-27)21(29)26-12-10-25(11-13-26)14-17-6-3-2-4-7-17/h2-4,6-7,18H,5,8-15H2,1H3,(H2,23,24,28,30)/t18-/m1/s1. The molecule has 0 aliphatic carbocycles. The zero-order chi connectivity index (χ0) is 23.6. The minimum absolute atomic E-state index is 0.00765. The predicted octanol–water partition coefficient (Wildman–Crippen LogP) is 0.117. The second-order valence-electron chi connectivity index (χ2n) is 8.65. The Morgan fingerprint density at radius 1 is 1.03 bits per heavy atom. The number of H-pyrrole nitrogens is 2. The molecule has 0 spiro atoms. The summed E-state index contributed by atoms with van der Waals surface area (Å²) < 4.78 is 27.5. The molecule has 4 rings (SSSR count). The minimum atomic E-state index is -4.14. The van der Waals surface area contributed by atoms with Crippen LogP contribution < -0.4 is 11.2 Å². The highest BCUT2D eigenvalue weighted by Gasteiger charge is 2.37. The molecule has 0 unspecified atom stereocenters. The Kier molecular flexibility index (Phi) is 6.82. The number of carbonyl (C=O) groups is 1. The van der Waals surface area contributed by atoms with E-state index in [9.17, 15) is 22.8 Å². The third-order valence-electron chi connectivity index (χ3n) is 6.34. The van der Waals surface area contributed by atoms with Gasteiger partial charge in [-0.15, -0.1) is 0 Å². The summed E-state index contributed by atoms with van der Waals surface area (Å²) in [4.78, 5) is 44.8. The van der Waals surface area contributed by atoms with Crippen molar-refractivity contribution in [1.29, 1.82) is 0 Å². The quantitative estimate of drug-likeness (QED) is 0.632. The Morgan fingerprint density at radius 2 is 1.73 bits per heavy atom. The summed E-state index contributed by atoms with van der Waals surface area (Å²) in [6.07, 6.45) is 1.14. The maximum atomic E-state index is 13.2. The predicted molar refractivity (Wildman–Crippen MR) is 122 cm³/mol. The Bertz CT molecular complexity index is 1220. The van der Waals surface area contributed by atoms with Crippen LogP contribution in [-0.4, -0.2) is 77.7 Å². The molecular formula is C22H29N5O5S. The Morgan fingerprint density at radius 3 is 2.39 bits per heavy atom. The average molecular weight is 476 g/mol. The SMILES string of the molecule is Cc1[nH]c(=O)[nH]c(=O)c1S(=O)(=O)N1CCC[C@@H](C(=O)N2CCN(Cc3ccccc3)CC2)C1. The van der Waals surface area contributed by atoms with Gasteiger partial charge in [-0.3, -0.25) is 19.5 Å². The van der Waals surface area contributed by atoms with Gasteiger partial charge in [-0.25, -0.2) is 13.2 Å². The summed E-state index contributed by atoms with van der Waals surface area (Å²) in [5.74, 6) is -0.488. The van der Waals surface area contributed by atoms with Crippen molar-refractivity contribution >= 4 is 15.9 Å². The van der Waals surface area contributed by atoms with Gasteiger partial charge >= 0.3 is 5.69 Å². The molecule has 0 saturated carbocycles. The molecule has 1 atom stereocenters. The van der Waals surface area contributed by atoms with E-state index in [1.54, 1.807) is 0 Å². The van der Waals surface area contributed by atoms with Gasteiger partial charge in [0.25, 0.3) is 5.56 Å². The van der Waals surface area contributed by atoms with Crippen LogP contribution in [0.1, 0.15) is 24.1 Å². The molecule has 2 aromatic rings. The lowest BCUT2D eigenvalue weighted by Crippen LogP contribution is -2.53. The first-order chi connectivity index (χ1) is 15.8. The van der Waals surface area contributed by atoms with Crippen molar-refractivity contribution < 1.29 is 13.2 Å². The van der Waals surface area contributed by atoms with E-state index in [1.165, 1.54) is 16.8 Å². The van der Waals surface area contributed by atoms with Crippen molar-refractivity contribution in [1.82, 2.24) is 24.1 Å². The zero-order valence-corrected chi connectivity index (χ0v) is 19.4. The molecule has 1 aromatic heterocycles. The van der Waals surface area contributed by atoms with Gasteiger partial charge in [0.15, 0.2) is 4.90 Å². The Balaban J connectivity index is 1.40. The highest BCUT2D eigenvalue weighted by atomic mass is 32.2. The van der Waals surface area contributed by atoms with Crippen LogP contribution in [0.25, 0.3) is 0 Å². The van der Waals surface area contributed by atoms with Gasteiger partial charge in [0.1, 0.15) is 0 Å². The summed E-state index contributed by atoms with van der Waals surface area (Å²) in [5.41, 5.74) is -0.474. The first-order valence-electron chi connectivity index (χ1n) is 11.1. The van der Waals surface area contributed by atoms with Gasteiger partial charge < -0.3 is 9.88 Å². The van der Waals surface area contributed by atoms with Crippen LogP contribution in [0.2, 0.25) is 0 Å². The van der Waals surface area contributed by atoms with Crippen LogP contribution in [0.4, 0.5) is 0 Å². The molecule has 2 fully saturated rings. The molecule has 33 heavy (non-hydrogen) atoms. The molecule has 0 radical (unpaired) electrons. The van der Waals surface area contributed by atoms with Gasteiger partial charge in [-0.1, -0.05) is 30.3 Å². The van der Waals surface area contributed by atoms with Crippen LogP contribution in [-0.2, 0) is 21.4 Å². The monoisotopic (exact) mass is 475 g/mol. The van der Waals surface area contributed by atoms with Crippen LogP contribution in [0.5, 0.6) is 0 Å². The number of piperazine rings is 1. The third kappa shape index (κ3) is 5.10. The molecule has 11 heteroatoms. The largest absolute Gasteiger partial charge is 0.340 e. The van der Waals surface area contributed by atoms with Crippen LogP contribution in [0, 0.1) is 12.8 Å². The fourth-order valence-electron chi connectivity index (χ4n) is 4.62. The number of aromatic nitrogens is 2. The minimum Gasteiger partial charge on any atom is -0.340 e. The zero-order valence-electron chi connectivity index (χ0n) is 18.6. The van der Waals surface area contributed by atoms with Crippen LogP contribution >= 0.6 is 0 Å². The molecular weight excluding hydrogens is 446 g/mol. The van der Waals surface area contributed by atoms with E-state index in [-0.39, 0.29) is 24.7 Å². The van der Waals surface area contributed by atoms with Crippen molar-refractivity contribution in [2.45, 2.75) is 31.2 Å². The van der Waals surface area contributed by atoms with Gasteiger partial charge in [0.2, 0.25) is 15.9 Å². The number of hydrogen-bond donors (Lipinski definition) is 2. The molecule has 2 N–H and O–H groups in total. The number of carbonyl (C=O) groups excluding carboxylic acids is 1. The second kappa shape index (κ2) is 9.62. The van der Waals surface area contributed by atoms with Crippen molar-refractivity contribution in [2.24, 2.45) is 5.92 Å². The maximum absolute atomic E-state index is 13.2. The van der Waals surface area contributed by atoms with E-state index in [4.69, 9.17) is 0 Å². The molecule has 2 aliphatic rings. The average Bonchev–Trinajstić information content (AvgIpc) is 2.79. The van der Waals surface area contributed by atoms with E-state index in [0.717, 1.165) is 19.6 Å². The summed E-state index contributed by atoms with van der Waals surface area (Å²) in [7, 11) is -4.14. The lowest BCUT2D eigenvalue weighted by atomic mass is 9.97. The number of aromatic amines is 2. The Hall–Kier alpha value is -2.76. The van der Waals surface area contributed by atoms with E-state index in [2.05, 4.69) is 22.0 Å². The lowest BCUT2D eigenvalue weighted by Gasteiger charge is -2.38. The lowest BCUT2D eigenvalue weighted by molar-refractivity contribution is -0.138. The summed E-state index contributed by atoms with van der Waals surface area (Å²) in [6, 6.07) is 10.2. The number of amides is 1. The maximum Gasteiger partial charge on any atom is 0.325 e. The normalized spacial score (nSPS) is 20.6. The number of hydrogen-bond acceptors (Lipinski definition) is 6. The third-order valence-corrected chi connectivity index (χ3v) is 8.36. The van der Waals surface area contributed by atoms with E-state index in [0.29, 0.717) is 25.9 Å². The van der Waals surface area contributed by atoms with Crippen molar-refractivity contribution in [3.63, 3.8) is 0 Å². The van der Waals surface area contributed by atoms with Gasteiger partial charge in [0.05, 0.1) is 5.92 Å². The van der Waals surface area contributed by atoms with Crippen LogP contribution in [0.15, 0.2) is 44.8 Å². The molecule has 0 bridgehead atoms. The number of piperidine rings is 1. The number of rotatable bonds is 5. The van der Waals surface area contributed by atoms with Crippen molar-refractivity contribution in [2.75, 3.05) is 39.3 Å². The van der Waals surface area contributed by atoms with Gasteiger partial charge in [0, 0.05) is 51.5 Å². The summed E-state index contributed by atoms with van der Waals surface area (Å²) in [6.45, 7) is 5.22. The molecule has 3 heterocycles. The Labute approximate surface area is 192 Å². The number of benzene rings is 1. The van der Waals surface area contributed by atoms with E-state index < -0.39 is 32.1 Å². The summed E-state index contributed by atoms with van der Waals surface area (Å²) in [5, 5.41) is 0. The van der Waals surface area contributed by atoms with E-state index >= 15 is 0 Å². The number of nitrogens with zero attached hydrogens (tertiary/aromatic N) is 3. The molecule has 1 aromatic carbocycles. The molecule has 10 nitrogen and oxygen atoms in total. The summed E-state index contributed by atoms with van der Waals surface area (Å²) >= 11 is 0. The van der Waals surface area contributed by atoms with Crippen LogP contribution in [0.3, 0.4) is 0 Å². The highest BCUT2D eigenvalue weighted by molar-refractivity contribution is 7.89. The second-order valence-corrected chi connectivity index (χ2v) is 10.5. The topological polar surface area (TPSA) is 127 Å². The van der Waals surface area contributed by atoms with Gasteiger partial charge in [-0.05, 0) is 25.3 Å². The molecule has 2 saturated heterocycles. The fraction of sp³-hybridized carbons (Fsp3) is 0.500. The highest BCUT2D eigenvalue weighted by Crippen LogP contribution is 2.25. The fourth-order valence-corrected chi connectivity index (χ4v) is 6.34.